The lowest BCUT2D eigenvalue weighted by atomic mass is 9.94. The van der Waals surface area contributed by atoms with E-state index in [1.165, 1.54) is 34.9 Å². The first-order chi connectivity index (χ1) is 14.6. The second-order valence-corrected chi connectivity index (χ2v) is 8.23. The molecule has 154 valence electrons. The van der Waals surface area contributed by atoms with E-state index in [9.17, 15) is 4.79 Å². The molecule has 0 unspecified atom stereocenters. The van der Waals surface area contributed by atoms with Gasteiger partial charge in [-0.15, -0.1) is 0 Å². The van der Waals surface area contributed by atoms with Crippen molar-refractivity contribution in [2.24, 2.45) is 5.92 Å². The summed E-state index contributed by atoms with van der Waals surface area (Å²) < 4.78 is 5.25. The Bertz CT molecular complexity index is 1000. The number of methoxy groups -OCH3 is 1. The molecule has 0 bridgehead atoms. The zero-order chi connectivity index (χ0) is 21.1. The van der Waals surface area contributed by atoms with Gasteiger partial charge in [0.15, 0.2) is 0 Å². The van der Waals surface area contributed by atoms with Gasteiger partial charge in [-0.1, -0.05) is 84.4 Å². The Morgan fingerprint density at radius 2 is 1.70 bits per heavy atom. The van der Waals surface area contributed by atoms with E-state index in [4.69, 9.17) is 4.74 Å². The van der Waals surface area contributed by atoms with Crippen LogP contribution < -0.4 is 0 Å². The van der Waals surface area contributed by atoms with E-state index >= 15 is 0 Å². The van der Waals surface area contributed by atoms with Gasteiger partial charge in [0.1, 0.15) is 0 Å². The Labute approximate surface area is 179 Å². The van der Waals surface area contributed by atoms with E-state index in [0.29, 0.717) is 0 Å². The first kappa shape index (κ1) is 20.4. The van der Waals surface area contributed by atoms with Crippen molar-refractivity contribution in [3.8, 4) is 0 Å². The summed E-state index contributed by atoms with van der Waals surface area (Å²) >= 11 is 0. The van der Waals surface area contributed by atoms with Crippen LogP contribution >= 0.6 is 0 Å². The number of benzene rings is 3. The molecule has 0 heterocycles. The normalized spacial score (nSPS) is 18.8. The van der Waals surface area contributed by atoms with Crippen LogP contribution in [0.1, 0.15) is 46.8 Å². The second kappa shape index (κ2) is 8.85. The van der Waals surface area contributed by atoms with Gasteiger partial charge in [0, 0.05) is 18.6 Å². The summed E-state index contributed by atoms with van der Waals surface area (Å²) in [7, 11) is 1.50. The van der Waals surface area contributed by atoms with Crippen molar-refractivity contribution in [2.45, 2.75) is 38.9 Å². The van der Waals surface area contributed by atoms with Crippen molar-refractivity contribution in [3.05, 3.63) is 107 Å². The monoisotopic (exact) mass is 399 g/mol. The van der Waals surface area contributed by atoms with Crippen LogP contribution in [0.3, 0.4) is 0 Å². The van der Waals surface area contributed by atoms with E-state index in [-0.39, 0.29) is 24.0 Å². The summed E-state index contributed by atoms with van der Waals surface area (Å²) in [4.78, 5) is 15.3. The zero-order valence-corrected chi connectivity index (χ0v) is 17.9. The van der Waals surface area contributed by atoms with E-state index in [2.05, 4.69) is 85.5 Å². The van der Waals surface area contributed by atoms with Gasteiger partial charge in [0.2, 0.25) is 0 Å². The number of esters is 1. The average molecular weight is 400 g/mol. The van der Waals surface area contributed by atoms with Gasteiger partial charge in [-0.2, -0.15) is 0 Å². The second-order valence-electron chi connectivity index (χ2n) is 8.23. The average Bonchev–Trinajstić information content (AvgIpc) is 3.16. The maximum Gasteiger partial charge on any atom is 0.310 e. The van der Waals surface area contributed by atoms with Crippen molar-refractivity contribution >= 4 is 5.97 Å². The summed E-state index contributed by atoms with van der Waals surface area (Å²) in [6.07, 6.45) is 0.723. The molecule has 0 N–H and O–H groups in total. The molecule has 3 nitrogen and oxygen atoms in total. The molecule has 3 aromatic carbocycles. The van der Waals surface area contributed by atoms with Gasteiger partial charge >= 0.3 is 5.97 Å². The number of rotatable bonds is 6. The van der Waals surface area contributed by atoms with Gasteiger partial charge in [-0.05, 0) is 42.5 Å². The standard InChI is InChI=1S/C27H29NO2/c1-19-14-15-24-23(16-19)17-25(27(29)30-3)26(24)28(18-21-10-6-4-7-11-21)20(2)22-12-8-5-9-13-22/h4-16,20,25-26H,17-18H2,1-3H3/t20-,25-,26-/m1/s1. The summed E-state index contributed by atoms with van der Waals surface area (Å²) in [5.74, 6) is -0.339. The fraction of sp³-hybridized carbons (Fsp3) is 0.296. The fourth-order valence-electron chi connectivity index (χ4n) is 4.73. The Morgan fingerprint density at radius 3 is 2.37 bits per heavy atom. The molecule has 1 aliphatic carbocycles. The molecule has 1 aliphatic rings. The first-order valence-corrected chi connectivity index (χ1v) is 10.6. The minimum Gasteiger partial charge on any atom is -0.469 e. The topological polar surface area (TPSA) is 29.5 Å². The van der Waals surface area contributed by atoms with Crippen molar-refractivity contribution in [1.29, 1.82) is 0 Å². The van der Waals surface area contributed by atoms with Crippen molar-refractivity contribution in [1.82, 2.24) is 4.90 Å². The van der Waals surface area contributed by atoms with Crippen molar-refractivity contribution in [3.63, 3.8) is 0 Å². The van der Waals surface area contributed by atoms with Crippen LogP contribution in [0.15, 0.2) is 78.9 Å². The molecular formula is C27H29NO2. The zero-order valence-electron chi connectivity index (χ0n) is 17.9. The molecule has 0 aliphatic heterocycles. The van der Waals surface area contributed by atoms with Gasteiger partial charge in [-0.25, -0.2) is 0 Å². The number of nitrogens with zero attached hydrogens (tertiary/aromatic N) is 1. The smallest absolute Gasteiger partial charge is 0.310 e. The number of ether oxygens (including phenoxy) is 1. The van der Waals surface area contributed by atoms with Crippen LogP contribution in [0.25, 0.3) is 0 Å². The maximum atomic E-state index is 12.8. The van der Waals surface area contributed by atoms with Gasteiger partial charge in [0.05, 0.1) is 13.0 Å². The maximum absolute atomic E-state index is 12.8. The van der Waals surface area contributed by atoms with E-state index in [1.54, 1.807) is 0 Å². The SMILES string of the molecule is COC(=O)[C@@H]1Cc2cc(C)ccc2[C@H]1N(Cc1ccccc1)[C@H](C)c1ccccc1. The molecule has 4 rings (SSSR count). The number of hydrogen-bond donors (Lipinski definition) is 0. The highest BCUT2D eigenvalue weighted by molar-refractivity contribution is 5.75. The number of carbonyl (C=O) groups excluding carboxylic acids is 1. The highest BCUT2D eigenvalue weighted by Crippen LogP contribution is 2.45. The highest BCUT2D eigenvalue weighted by atomic mass is 16.5. The Balaban J connectivity index is 1.80. The molecule has 0 spiro atoms. The predicted octanol–water partition coefficient (Wildman–Crippen LogP) is 5.64. The quantitative estimate of drug-likeness (QED) is 0.502. The third-order valence-corrected chi connectivity index (χ3v) is 6.29. The lowest BCUT2D eigenvalue weighted by Gasteiger charge is -2.38. The minimum absolute atomic E-state index is 0.0246. The first-order valence-electron chi connectivity index (χ1n) is 10.6. The number of hydrogen-bond acceptors (Lipinski definition) is 3. The summed E-state index contributed by atoms with van der Waals surface area (Å²) in [5, 5.41) is 0. The van der Waals surface area contributed by atoms with Crippen LogP contribution in [0.2, 0.25) is 0 Å². The molecule has 0 radical (unpaired) electrons. The minimum atomic E-state index is -0.207. The number of aryl methyl sites for hydroxylation is 1. The molecule has 0 fully saturated rings. The summed E-state index contributed by atoms with van der Waals surface area (Å²) in [6, 6.07) is 27.7. The molecular weight excluding hydrogens is 370 g/mol. The van der Waals surface area contributed by atoms with E-state index in [0.717, 1.165) is 13.0 Å². The van der Waals surface area contributed by atoms with Crippen molar-refractivity contribution < 1.29 is 9.53 Å². The van der Waals surface area contributed by atoms with Gasteiger partial charge in [0.25, 0.3) is 0 Å². The lowest BCUT2D eigenvalue weighted by molar-refractivity contribution is -0.148. The molecule has 3 heteroatoms. The summed E-state index contributed by atoms with van der Waals surface area (Å²) in [6.45, 7) is 5.11. The molecule has 3 aromatic rings. The number of carbonyl (C=O) groups is 1. The fourth-order valence-corrected chi connectivity index (χ4v) is 4.73. The summed E-state index contributed by atoms with van der Waals surface area (Å²) in [5.41, 5.74) is 6.22. The molecule has 0 aromatic heterocycles. The molecule has 30 heavy (non-hydrogen) atoms. The number of fused-ring (bicyclic) bond motifs is 1. The van der Waals surface area contributed by atoms with Crippen LogP contribution in [-0.4, -0.2) is 18.0 Å². The Morgan fingerprint density at radius 1 is 1.03 bits per heavy atom. The third-order valence-electron chi connectivity index (χ3n) is 6.29. The third kappa shape index (κ3) is 4.03. The van der Waals surface area contributed by atoms with Crippen LogP contribution in [0.5, 0.6) is 0 Å². The lowest BCUT2D eigenvalue weighted by Crippen LogP contribution is -2.37. The molecule has 3 atom stereocenters. The predicted molar refractivity (Wildman–Crippen MR) is 120 cm³/mol. The Kier molecular flexibility index (Phi) is 6.01. The van der Waals surface area contributed by atoms with Crippen LogP contribution in [-0.2, 0) is 22.5 Å². The highest BCUT2D eigenvalue weighted by Gasteiger charge is 2.43. The van der Waals surface area contributed by atoms with Crippen molar-refractivity contribution in [2.75, 3.05) is 7.11 Å². The van der Waals surface area contributed by atoms with Crippen LogP contribution in [0, 0.1) is 12.8 Å². The van der Waals surface area contributed by atoms with Gasteiger partial charge in [-0.3, -0.25) is 9.69 Å². The van der Waals surface area contributed by atoms with E-state index < -0.39 is 0 Å². The molecule has 0 saturated heterocycles. The molecule has 0 saturated carbocycles. The van der Waals surface area contributed by atoms with Gasteiger partial charge < -0.3 is 4.74 Å². The van der Waals surface area contributed by atoms with Crippen LogP contribution in [0.4, 0.5) is 0 Å². The largest absolute Gasteiger partial charge is 0.469 e. The Hall–Kier alpha value is -2.91. The van der Waals surface area contributed by atoms with E-state index in [1.807, 2.05) is 12.1 Å². The molecule has 0 amide bonds.